The topological polar surface area (TPSA) is 41.6 Å². The van der Waals surface area contributed by atoms with Crippen LogP contribution in [0.25, 0.3) is 0 Å². The summed E-state index contributed by atoms with van der Waals surface area (Å²) in [6.07, 6.45) is 8.15. The Morgan fingerprint density at radius 1 is 0.967 bits per heavy atom. The third kappa shape index (κ3) is 7.49. The van der Waals surface area contributed by atoms with Crippen LogP contribution in [-0.2, 0) is 6.54 Å². The number of amides is 1. The second-order valence-electron chi connectivity index (χ2n) is 8.30. The van der Waals surface area contributed by atoms with E-state index < -0.39 is 0 Å². The highest BCUT2D eigenvalue weighted by atomic mass is 16.5. The lowest BCUT2D eigenvalue weighted by Gasteiger charge is -2.32. The molecule has 4 nitrogen and oxygen atoms in total. The molecule has 3 rings (SSSR count). The zero-order valence-corrected chi connectivity index (χ0v) is 18.3. The smallest absolute Gasteiger partial charge is 0.251 e. The van der Waals surface area contributed by atoms with E-state index in [1.54, 1.807) is 0 Å². The van der Waals surface area contributed by atoms with E-state index in [0.717, 1.165) is 51.3 Å². The van der Waals surface area contributed by atoms with E-state index in [0.29, 0.717) is 5.56 Å². The number of benzene rings is 2. The Morgan fingerprint density at radius 2 is 1.67 bits per heavy atom. The monoisotopic (exact) mass is 408 g/mol. The Kier molecular flexibility index (Phi) is 9.23. The van der Waals surface area contributed by atoms with E-state index in [2.05, 4.69) is 47.5 Å². The SMILES string of the molecule is CCCCCCCOc1ccc(C(=O)NC2CCN(Cc3ccccc3)CC2)cc1. The second kappa shape index (κ2) is 12.4. The number of unbranched alkanes of at least 4 members (excludes halogenated alkanes) is 4. The number of likely N-dealkylation sites (tertiary alicyclic amines) is 1. The summed E-state index contributed by atoms with van der Waals surface area (Å²) in [5, 5.41) is 3.20. The van der Waals surface area contributed by atoms with Gasteiger partial charge >= 0.3 is 0 Å². The molecule has 1 amide bonds. The third-order valence-electron chi connectivity index (χ3n) is 5.80. The molecular formula is C26H36N2O2. The molecule has 0 atom stereocenters. The summed E-state index contributed by atoms with van der Waals surface area (Å²) in [6, 6.07) is 18.4. The summed E-state index contributed by atoms with van der Waals surface area (Å²) < 4.78 is 5.79. The fourth-order valence-corrected chi connectivity index (χ4v) is 3.94. The number of nitrogens with one attached hydrogen (secondary N) is 1. The van der Waals surface area contributed by atoms with Crippen LogP contribution in [-0.4, -0.2) is 36.5 Å². The van der Waals surface area contributed by atoms with Gasteiger partial charge in [-0.3, -0.25) is 9.69 Å². The summed E-state index contributed by atoms with van der Waals surface area (Å²) in [6.45, 7) is 6.00. The fourth-order valence-electron chi connectivity index (χ4n) is 3.94. The average Bonchev–Trinajstić information content (AvgIpc) is 2.78. The molecule has 162 valence electrons. The van der Waals surface area contributed by atoms with Crippen molar-refractivity contribution in [1.82, 2.24) is 10.2 Å². The molecule has 4 heteroatoms. The number of piperidine rings is 1. The van der Waals surface area contributed by atoms with Gasteiger partial charge in [0.15, 0.2) is 0 Å². The van der Waals surface area contributed by atoms with Gasteiger partial charge in [0.1, 0.15) is 5.75 Å². The van der Waals surface area contributed by atoms with E-state index in [9.17, 15) is 4.79 Å². The number of ether oxygens (including phenoxy) is 1. The molecule has 0 bridgehead atoms. The normalized spacial score (nSPS) is 15.1. The predicted molar refractivity (Wildman–Crippen MR) is 123 cm³/mol. The van der Waals surface area contributed by atoms with Crippen molar-refractivity contribution in [3.05, 3.63) is 65.7 Å². The number of nitrogens with zero attached hydrogens (tertiary/aromatic N) is 1. The van der Waals surface area contributed by atoms with E-state index in [-0.39, 0.29) is 11.9 Å². The Morgan fingerprint density at radius 3 is 2.37 bits per heavy atom. The van der Waals surface area contributed by atoms with Gasteiger partial charge in [0, 0.05) is 31.2 Å². The maximum atomic E-state index is 12.6. The summed E-state index contributed by atoms with van der Waals surface area (Å²) in [5.74, 6) is 0.860. The van der Waals surface area contributed by atoms with Gasteiger partial charge in [-0.2, -0.15) is 0 Å². The Labute approximate surface area is 181 Å². The maximum absolute atomic E-state index is 12.6. The van der Waals surface area contributed by atoms with Crippen molar-refractivity contribution in [3.63, 3.8) is 0 Å². The molecule has 0 radical (unpaired) electrons. The van der Waals surface area contributed by atoms with Gasteiger partial charge in [-0.05, 0) is 49.1 Å². The van der Waals surface area contributed by atoms with Crippen molar-refractivity contribution in [1.29, 1.82) is 0 Å². The molecule has 1 heterocycles. The van der Waals surface area contributed by atoms with Crippen molar-refractivity contribution >= 4 is 5.91 Å². The van der Waals surface area contributed by atoms with Gasteiger partial charge in [0.05, 0.1) is 6.61 Å². The molecule has 0 unspecified atom stereocenters. The van der Waals surface area contributed by atoms with E-state index in [1.807, 2.05) is 24.3 Å². The van der Waals surface area contributed by atoms with Crippen LogP contribution in [0.4, 0.5) is 0 Å². The first-order valence-electron chi connectivity index (χ1n) is 11.5. The summed E-state index contributed by atoms with van der Waals surface area (Å²) in [4.78, 5) is 15.1. The summed E-state index contributed by atoms with van der Waals surface area (Å²) in [7, 11) is 0. The van der Waals surface area contributed by atoms with Crippen LogP contribution >= 0.6 is 0 Å². The van der Waals surface area contributed by atoms with Crippen molar-refractivity contribution in [3.8, 4) is 5.75 Å². The first-order chi connectivity index (χ1) is 14.7. The van der Waals surface area contributed by atoms with Crippen LogP contribution in [0.3, 0.4) is 0 Å². The van der Waals surface area contributed by atoms with Crippen molar-refractivity contribution in [2.24, 2.45) is 0 Å². The molecule has 0 saturated carbocycles. The Balaban J connectivity index is 1.35. The maximum Gasteiger partial charge on any atom is 0.251 e. The number of hydrogen-bond donors (Lipinski definition) is 1. The minimum absolute atomic E-state index is 0.0163. The average molecular weight is 409 g/mol. The number of carbonyl (C=O) groups excluding carboxylic acids is 1. The second-order valence-corrected chi connectivity index (χ2v) is 8.30. The molecular weight excluding hydrogens is 372 g/mol. The standard InChI is InChI=1S/C26H36N2O2/c1-2-3-4-5-9-20-30-25-14-12-23(13-15-25)26(29)27-24-16-18-28(19-17-24)21-22-10-7-6-8-11-22/h6-8,10-15,24H,2-5,9,16-21H2,1H3,(H,27,29). The van der Waals surface area contributed by atoms with Crippen molar-refractivity contribution < 1.29 is 9.53 Å². The molecule has 1 N–H and O–H groups in total. The highest BCUT2D eigenvalue weighted by Crippen LogP contribution is 2.16. The lowest BCUT2D eigenvalue weighted by molar-refractivity contribution is 0.0909. The van der Waals surface area contributed by atoms with Crippen molar-refractivity contribution in [2.45, 2.75) is 64.5 Å². The molecule has 0 aliphatic carbocycles. The van der Waals surface area contributed by atoms with Gasteiger partial charge in [-0.15, -0.1) is 0 Å². The highest BCUT2D eigenvalue weighted by Gasteiger charge is 2.21. The summed E-state index contributed by atoms with van der Waals surface area (Å²) in [5.41, 5.74) is 2.06. The number of hydrogen-bond acceptors (Lipinski definition) is 3. The minimum Gasteiger partial charge on any atom is -0.494 e. The predicted octanol–water partition coefficient (Wildman–Crippen LogP) is 5.43. The molecule has 1 fully saturated rings. The Bertz CT molecular complexity index is 737. The molecule has 0 aromatic heterocycles. The first kappa shape index (κ1) is 22.4. The van der Waals surface area contributed by atoms with Crippen LogP contribution in [0.2, 0.25) is 0 Å². The Hall–Kier alpha value is -2.33. The van der Waals surface area contributed by atoms with E-state index >= 15 is 0 Å². The molecule has 2 aromatic carbocycles. The van der Waals surface area contributed by atoms with E-state index in [1.165, 1.54) is 31.2 Å². The minimum atomic E-state index is 0.0163. The molecule has 1 saturated heterocycles. The van der Waals surface area contributed by atoms with Crippen molar-refractivity contribution in [2.75, 3.05) is 19.7 Å². The van der Waals surface area contributed by atoms with Crippen LogP contribution in [0.15, 0.2) is 54.6 Å². The summed E-state index contributed by atoms with van der Waals surface area (Å²) >= 11 is 0. The molecule has 0 spiro atoms. The lowest BCUT2D eigenvalue weighted by Crippen LogP contribution is -2.44. The van der Waals surface area contributed by atoms with Crippen LogP contribution in [0.5, 0.6) is 5.75 Å². The van der Waals surface area contributed by atoms with Crippen LogP contribution in [0.1, 0.15) is 67.8 Å². The van der Waals surface area contributed by atoms with Crippen LogP contribution < -0.4 is 10.1 Å². The zero-order chi connectivity index (χ0) is 21.0. The molecule has 30 heavy (non-hydrogen) atoms. The van der Waals surface area contributed by atoms with Gasteiger partial charge in [0.25, 0.3) is 5.91 Å². The quantitative estimate of drug-likeness (QED) is 0.504. The number of carbonyl (C=O) groups is 1. The van der Waals surface area contributed by atoms with Gasteiger partial charge in [0.2, 0.25) is 0 Å². The third-order valence-corrected chi connectivity index (χ3v) is 5.80. The largest absolute Gasteiger partial charge is 0.494 e. The molecule has 2 aromatic rings. The van der Waals surface area contributed by atoms with E-state index in [4.69, 9.17) is 4.74 Å². The zero-order valence-electron chi connectivity index (χ0n) is 18.3. The van der Waals surface area contributed by atoms with Gasteiger partial charge in [-0.1, -0.05) is 62.9 Å². The molecule has 1 aliphatic rings. The van der Waals surface area contributed by atoms with Crippen LogP contribution in [0, 0.1) is 0 Å². The van der Waals surface area contributed by atoms with Gasteiger partial charge in [-0.25, -0.2) is 0 Å². The fraction of sp³-hybridized carbons (Fsp3) is 0.500. The highest BCUT2D eigenvalue weighted by molar-refractivity contribution is 5.94. The molecule has 1 aliphatic heterocycles. The first-order valence-corrected chi connectivity index (χ1v) is 11.5. The van der Waals surface area contributed by atoms with Gasteiger partial charge < -0.3 is 10.1 Å². The number of rotatable bonds is 11. The lowest BCUT2D eigenvalue weighted by atomic mass is 10.0.